The number of furan rings is 1. The summed E-state index contributed by atoms with van der Waals surface area (Å²) in [7, 11) is 0. The fourth-order valence-corrected chi connectivity index (χ4v) is 3.27. The first-order chi connectivity index (χ1) is 10.6. The molecule has 1 saturated heterocycles. The van der Waals surface area contributed by atoms with E-state index in [0.717, 1.165) is 49.5 Å². The molecule has 0 radical (unpaired) electrons. The highest BCUT2D eigenvalue weighted by Gasteiger charge is 2.31. The molecule has 1 aliphatic heterocycles. The third kappa shape index (κ3) is 3.08. The Labute approximate surface area is 130 Å². The first kappa shape index (κ1) is 14.9. The largest absolute Gasteiger partial charge is 0.467 e. The summed E-state index contributed by atoms with van der Waals surface area (Å²) < 4.78 is 7.46. The number of carbonyl (C=O) groups excluding carboxylic acids is 1. The zero-order valence-electron chi connectivity index (χ0n) is 13.3. The molecular formula is C17H23N3O2. The molecule has 5 heteroatoms. The highest BCUT2D eigenvalue weighted by atomic mass is 16.3. The van der Waals surface area contributed by atoms with Crippen molar-refractivity contribution in [3.63, 3.8) is 0 Å². The van der Waals surface area contributed by atoms with Gasteiger partial charge in [0.25, 0.3) is 0 Å². The average Bonchev–Trinajstić information content (AvgIpc) is 3.19. The Kier molecular flexibility index (Phi) is 4.32. The molecule has 0 N–H and O–H groups in total. The number of likely N-dealkylation sites (tertiary alicyclic amines) is 1. The number of amides is 1. The van der Waals surface area contributed by atoms with Gasteiger partial charge in [0.2, 0.25) is 5.91 Å². The lowest BCUT2D eigenvalue weighted by molar-refractivity contribution is -0.132. The number of aryl methyl sites for hydroxylation is 3. The smallest absolute Gasteiger partial charge is 0.223 e. The topological polar surface area (TPSA) is 51.3 Å². The van der Waals surface area contributed by atoms with E-state index in [2.05, 4.69) is 18.1 Å². The SMILES string of the molecule is Cc1cc(C)n(CCCC(=O)N2CCCC2c2ccco2)n1. The molecule has 2 aromatic heterocycles. The van der Waals surface area contributed by atoms with Gasteiger partial charge in [-0.25, -0.2) is 0 Å². The lowest BCUT2D eigenvalue weighted by Gasteiger charge is -2.23. The molecule has 1 unspecified atom stereocenters. The molecule has 1 fully saturated rings. The summed E-state index contributed by atoms with van der Waals surface area (Å²) in [5.41, 5.74) is 2.18. The van der Waals surface area contributed by atoms with Crippen molar-refractivity contribution < 1.29 is 9.21 Å². The molecule has 1 atom stereocenters. The third-order valence-corrected chi connectivity index (χ3v) is 4.31. The highest BCUT2D eigenvalue weighted by molar-refractivity contribution is 5.76. The Hall–Kier alpha value is -2.04. The molecule has 0 aromatic carbocycles. The highest BCUT2D eigenvalue weighted by Crippen LogP contribution is 2.32. The van der Waals surface area contributed by atoms with Crippen molar-refractivity contribution in [1.82, 2.24) is 14.7 Å². The van der Waals surface area contributed by atoms with Crippen LogP contribution >= 0.6 is 0 Å². The van der Waals surface area contributed by atoms with Crippen molar-refractivity contribution >= 4 is 5.91 Å². The van der Waals surface area contributed by atoms with Gasteiger partial charge in [0.15, 0.2) is 0 Å². The molecule has 2 aromatic rings. The molecule has 22 heavy (non-hydrogen) atoms. The lowest BCUT2D eigenvalue weighted by atomic mass is 10.1. The summed E-state index contributed by atoms with van der Waals surface area (Å²) >= 11 is 0. The third-order valence-electron chi connectivity index (χ3n) is 4.31. The molecular weight excluding hydrogens is 278 g/mol. The quantitative estimate of drug-likeness (QED) is 0.852. The van der Waals surface area contributed by atoms with Crippen LogP contribution in [0.2, 0.25) is 0 Å². The Morgan fingerprint density at radius 1 is 1.45 bits per heavy atom. The van der Waals surface area contributed by atoms with Crippen LogP contribution in [0.5, 0.6) is 0 Å². The average molecular weight is 301 g/mol. The normalized spacial score (nSPS) is 18.1. The number of nitrogens with zero attached hydrogens (tertiary/aromatic N) is 3. The van der Waals surface area contributed by atoms with Gasteiger partial charge in [-0.2, -0.15) is 5.10 Å². The van der Waals surface area contributed by atoms with E-state index in [1.807, 2.05) is 28.6 Å². The minimum Gasteiger partial charge on any atom is -0.467 e. The molecule has 0 aliphatic carbocycles. The Balaban J connectivity index is 1.54. The van der Waals surface area contributed by atoms with E-state index >= 15 is 0 Å². The van der Waals surface area contributed by atoms with Gasteiger partial charge in [0.1, 0.15) is 5.76 Å². The summed E-state index contributed by atoms with van der Waals surface area (Å²) in [6, 6.07) is 6.04. The maximum absolute atomic E-state index is 12.5. The van der Waals surface area contributed by atoms with E-state index in [0.29, 0.717) is 6.42 Å². The van der Waals surface area contributed by atoms with Gasteiger partial charge in [0.05, 0.1) is 18.0 Å². The molecule has 1 amide bonds. The van der Waals surface area contributed by atoms with Gasteiger partial charge in [0, 0.05) is 25.2 Å². The van der Waals surface area contributed by atoms with E-state index < -0.39 is 0 Å². The van der Waals surface area contributed by atoms with Gasteiger partial charge >= 0.3 is 0 Å². The molecule has 118 valence electrons. The minimum atomic E-state index is 0.121. The first-order valence-corrected chi connectivity index (χ1v) is 7.99. The van der Waals surface area contributed by atoms with Gasteiger partial charge in [-0.3, -0.25) is 9.48 Å². The van der Waals surface area contributed by atoms with Crippen molar-refractivity contribution in [3.8, 4) is 0 Å². The van der Waals surface area contributed by atoms with E-state index in [9.17, 15) is 4.79 Å². The molecule has 0 bridgehead atoms. The maximum Gasteiger partial charge on any atom is 0.223 e. The predicted octanol–water partition coefficient (Wildman–Crippen LogP) is 3.24. The van der Waals surface area contributed by atoms with Gasteiger partial charge in [-0.1, -0.05) is 0 Å². The second-order valence-electron chi connectivity index (χ2n) is 6.01. The fraction of sp³-hybridized carbons (Fsp3) is 0.529. The summed E-state index contributed by atoms with van der Waals surface area (Å²) in [6.07, 6.45) is 5.11. The van der Waals surface area contributed by atoms with Crippen LogP contribution in [0, 0.1) is 13.8 Å². The summed E-state index contributed by atoms with van der Waals surface area (Å²) in [5, 5.41) is 4.44. The number of hydrogen-bond acceptors (Lipinski definition) is 3. The number of aromatic nitrogens is 2. The molecule has 1 aliphatic rings. The van der Waals surface area contributed by atoms with Crippen molar-refractivity contribution in [1.29, 1.82) is 0 Å². The van der Waals surface area contributed by atoms with Crippen LogP contribution in [0.15, 0.2) is 28.9 Å². The predicted molar refractivity (Wildman–Crippen MR) is 83.3 cm³/mol. The van der Waals surface area contributed by atoms with E-state index in [1.54, 1.807) is 6.26 Å². The van der Waals surface area contributed by atoms with Crippen LogP contribution in [-0.4, -0.2) is 27.1 Å². The van der Waals surface area contributed by atoms with Crippen LogP contribution < -0.4 is 0 Å². The maximum atomic E-state index is 12.5. The zero-order valence-corrected chi connectivity index (χ0v) is 13.3. The monoisotopic (exact) mass is 301 g/mol. The van der Waals surface area contributed by atoms with Gasteiger partial charge in [-0.15, -0.1) is 0 Å². The molecule has 0 saturated carbocycles. The van der Waals surface area contributed by atoms with Gasteiger partial charge < -0.3 is 9.32 Å². The minimum absolute atomic E-state index is 0.121. The molecule has 3 heterocycles. The summed E-state index contributed by atoms with van der Waals surface area (Å²) in [4.78, 5) is 14.5. The number of carbonyl (C=O) groups is 1. The summed E-state index contributed by atoms with van der Waals surface area (Å²) in [6.45, 7) is 5.68. The van der Waals surface area contributed by atoms with Crippen molar-refractivity contribution in [2.45, 2.75) is 52.1 Å². The van der Waals surface area contributed by atoms with Crippen molar-refractivity contribution in [2.75, 3.05) is 6.54 Å². The van der Waals surface area contributed by atoms with Crippen LogP contribution in [0.25, 0.3) is 0 Å². The summed E-state index contributed by atoms with van der Waals surface area (Å²) in [5.74, 6) is 1.13. The standard InChI is InChI=1S/C17H23N3O2/c1-13-12-14(2)20(18-13)10-4-8-17(21)19-9-3-6-15(19)16-7-5-11-22-16/h5,7,11-12,15H,3-4,6,8-10H2,1-2H3. The number of hydrogen-bond donors (Lipinski definition) is 0. The lowest BCUT2D eigenvalue weighted by Crippen LogP contribution is -2.30. The van der Waals surface area contributed by atoms with Crippen LogP contribution in [0.3, 0.4) is 0 Å². The van der Waals surface area contributed by atoms with Crippen molar-refractivity contribution in [3.05, 3.63) is 41.6 Å². The zero-order chi connectivity index (χ0) is 15.5. The van der Waals surface area contributed by atoms with E-state index in [4.69, 9.17) is 4.42 Å². The van der Waals surface area contributed by atoms with Gasteiger partial charge in [-0.05, 0) is 51.3 Å². The second kappa shape index (κ2) is 6.38. The van der Waals surface area contributed by atoms with Crippen LogP contribution in [0.1, 0.15) is 48.9 Å². The molecule has 3 rings (SSSR count). The molecule has 5 nitrogen and oxygen atoms in total. The number of rotatable bonds is 5. The Morgan fingerprint density at radius 2 is 2.32 bits per heavy atom. The Morgan fingerprint density at radius 3 is 3.00 bits per heavy atom. The van der Waals surface area contributed by atoms with Crippen molar-refractivity contribution in [2.24, 2.45) is 0 Å². The van der Waals surface area contributed by atoms with Crippen LogP contribution in [0.4, 0.5) is 0 Å². The second-order valence-corrected chi connectivity index (χ2v) is 6.01. The molecule has 0 spiro atoms. The van der Waals surface area contributed by atoms with E-state index in [-0.39, 0.29) is 11.9 Å². The fourth-order valence-electron chi connectivity index (χ4n) is 3.27. The van der Waals surface area contributed by atoms with Crippen LogP contribution in [-0.2, 0) is 11.3 Å². The Bertz CT molecular complexity index is 630. The first-order valence-electron chi connectivity index (χ1n) is 7.99. The van der Waals surface area contributed by atoms with E-state index in [1.165, 1.54) is 0 Å².